The first-order valence-electron chi connectivity index (χ1n) is 10.1. The lowest BCUT2D eigenvalue weighted by Gasteiger charge is -2.22. The molecule has 3 heterocycles. The Bertz CT molecular complexity index is 1180. The lowest BCUT2D eigenvalue weighted by Crippen LogP contribution is -2.37. The van der Waals surface area contributed by atoms with Crippen LogP contribution in [0.1, 0.15) is 22.2 Å². The minimum atomic E-state index is -0.527. The lowest BCUT2D eigenvalue weighted by atomic mass is 10.1. The Labute approximate surface area is 184 Å². The van der Waals surface area contributed by atoms with E-state index < -0.39 is 6.04 Å². The van der Waals surface area contributed by atoms with Gasteiger partial charge in [0.2, 0.25) is 0 Å². The fourth-order valence-electron chi connectivity index (χ4n) is 3.76. The quantitative estimate of drug-likeness (QED) is 0.634. The van der Waals surface area contributed by atoms with Gasteiger partial charge >= 0.3 is 0 Å². The third-order valence-corrected chi connectivity index (χ3v) is 5.35. The smallest absolute Gasteiger partial charge is 0.255 e. The molecule has 10 nitrogen and oxygen atoms in total. The number of likely N-dealkylation sites (N-methyl/N-ethyl adjacent to an activating group) is 1. The summed E-state index contributed by atoms with van der Waals surface area (Å²) >= 11 is 0. The molecule has 0 spiro atoms. The largest absolute Gasteiger partial charge is 0.493 e. The van der Waals surface area contributed by atoms with E-state index in [9.17, 15) is 9.59 Å². The molecule has 0 fully saturated rings. The summed E-state index contributed by atoms with van der Waals surface area (Å²) in [7, 11) is 4.94. The van der Waals surface area contributed by atoms with Gasteiger partial charge in [-0.15, -0.1) is 0 Å². The van der Waals surface area contributed by atoms with Gasteiger partial charge in [-0.3, -0.25) is 14.2 Å². The molecule has 0 aliphatic carbocycles. The van der Waals surface area contributed by atoms with Crippen LogP contribution >= 0.6 is 0 Å². The van der Waals surface area contributed by atoms with Crippen molar-refractivity contribution in [2.45, 2.75) is 12.6 Å². The molecule has 0 radical (unpaired) electrons. The number of nitrogens with one attached hydrogen (secondary N) is 1. The van der Waals surface area contributed by atoms with E-state index in [4.69, 9.17) is 14.5 Å². The molecule has 1 amide bonds. The molecular weight excluding hydrogens is 412 g/mol. The number of hydrogen-bond acceptors (Lipinski definition) is 8. The van der Waals surface area contributed by atoms with Crippen molar-refractivity contribution in [3.05, 3.63) is 64.6 Å². The van der Waals surface area contributed by atoms with E-state index >= 15 is 0 Å². The van der Waals surface area contributed by atoms with E-state index in [2.05, 4.69) is 15.3 Å². The van der Waals surface area contributed by atoms with Crippen molar-refractivity contribution in [2.24, 2.45) is 0 Å². The molecule has 32 heavy (non-hydrogen) atoms. The van der Waals surface area contributed by atoms with Gasteiger partial charge in [0.15, 0.2) is 11.5 Å². The minimum Gasteiger partial charge on any atom is -0.493 e. The Balaban J connectivity index is 1.75. The van der Waals surface area contributed by atoms with Crippen LogP contribution in [0.2, 0.25) is 0 Å². The van der Waals surface area contributed by atoms with Gasteiger partial charge in [-0.2, -0.15) is 0 Å². The van der Waals surface area contributed by atoms with Gasteiger partial charge in [0.1, 0.15) is 18.2 Å². The van der Waals surface area contributed by atoms with E-state index in [1.54, 1.807) is 35.0 Å². The van der Waals surface area contributed by atoms with E-state index in [1.165, 1.54) is 26.6 Å². The molecule has 166 valence electrons. The zero-order valence-electron chi connectivity index (χ0n) is 18.1. The van der Waals surface area contributed by atoms with Gasteiger partial charge in [-0.1, -0.05) is 6.07 Å². The van der Waals surface area contributed by atoms with Gasteiger partial charge in [-0.25, -0.2) is 15.0 Å². The molecule has 1 N–H and O–H groups in total. The van der Waals surface area contributed by atoms with Crippen LogP contribution < -0.4 is 20.3 Å². The Morgan fingerprint density at radius 1 is 1.16 bits per heavy atom. The van der Waals surface area contributed by atoms with Gasteiger partial charge < -0.3 is 19.7 Å². The van der Waals surface area contributed by atoms with Crippen molar-refractivity contribution in [2.75, 3.05) is 34.4 Å². The fraction of sp³-hybridized carbons (Fsp3) is 0.318. The second-order valence-corrected chi connectivity index (χ2v) is 7.41. The summed E-state index contributed by atoms with van der Waals surface area (Å²) < 4.78 is 12.3. The molecule has 1 atom stereocenters. The summed E-state index contributed by atoms with van der Waals surface area (Å²) in [6, 6.07) is 7.73. The number of rotatable bonds is 5. The Hall–Kier alpha value is -3.79. The normalized spacial score (nSPS) is 16.0. The average Bonchev–Trinajstić information content (AvgIpc) is 2.97. The summed E-state index contributed by atoms with van der Waals surface area (Å²) in [5.41, 5.74) is 1.11. The minimum absolute atomic E-state index is 0.197. The molecule has 1 aliphatic heterocycles. The first-order valence-corrected chi connectivity index (χ1v) is 10.1. The van der Waals surface area contributed by atoms with Crippen LogP contribution in [0.25, 0.3) is 11.4 Å². The standard InChI is InChI=1S/C22H24N6O4/c1-27-9-10-28-19(29)11-16(15-7-8-23-13-24-15)25-21(28)17(12-27)26-22(30)14-5-4-6-18(31-2)20(14)32-3/h4-8,11,13,17H,9-10,12H2,1-3H3,(H,26,30). The highest BCUT2D eigenvalue weighted by atomic mass is 16.5. The number of ether oxygens (including phenoxy) is 2. The molecule has 0 bridgehead atoms. The molecular formula is C22H24N6O4. The van der Waals surface area contributed by atoms with E-state index in [1.807, 2.05) is 11.9 Å². The number of carbonyl (C=O) groups excluding carboxylic acids is 1. The number of methoxy groups -OCH3 is 2. The van der Waals surface area contributed by atoms with Gasteiger partial charge in [0.05, 0.1) is 31.2 Å². The van der Waals surface area contributed by atoms with Crippen molar-refractivity contribution in [3.8, 4) is 22.9 Å². The highest BCUT2D eigenvalue weighted by Crippen LogP contribution is 2.31. The summed E-state index contributed by atoms with van der Waals surface area (Å²) in [4.78, 5) is 41.0. The molecule has 3 aromatic rings. The highest BCUT2D eigenvalue weighted by molar-refractivity contribution is 5.98. The first kappa shape index (κ1) is 21.4. The second-order valence-electron chi connectivity index (χ2n) is 7.41. The van der Waals surface area contributed by atoms with Gasteiger partial charge in [0.25, 0.3) is 11.5 Å². The topological polar surface area (TPSA) is 111 Å². The summed E-state index contributed by atoms with van der Waals surface area (Å²) in [5, 5.41) is 3.02. The number of nitrogens with zero attached hydrogens (tertiary/aromatic N) is 5. The summed E-state index contributed by atoms with van der Waals surface area (Å²) in [5.74, 6) is 0.924. The number of carbonyl (C=O) groups is 1. The van der Waals surface area contributed by atoms with Crippen LogP contribution in [0.5, 0.6) is 11.5 Å². The third-order valence-electron chi connectivity index (χ3n) is 5.35. The van der Waals surface area contributed by atoms with E-state index in [-0.39, 0.29) is 11.5 Å². The molecule has 2 aromatic heterocycles. The lowest BCUT2D eigenvalue weighted by molar-refractivity contribution is 0.0923. The first-order chi connectivity index (χ1) is 15.5. The molecule has 0 saturated carbocycles. The predicted octanol–water partition coefficient (Wildman–Crippen LogP) is 1.13. The molecule has 1 unspecified atom stereocenters. The third kappa shape index (κ3) is 4.17. The van der Waals surface area contributed by atoms with Crippen molar-refractivity contribution in [1.82, 2.24) is 29.7 Å². The van der Waals surface area contributed by atoms with Crippen LogP contribution in [0.4, 0.5) is 0 Å². The number of benzene rings is 1. The molecule has 1 aliphatic rings. The number of fused-ring (bicyclic) bond motifs is 1. The number of para-hydroxylation sites is 1. The van der Waals surface area contributed by atoms with Gasteiger partial charge in [0, 0.05) is 31.9 Å². The van der Waals surface area contributed by atoms with Crippen molar-refractivity contribution >= 4 is 5.91 Å². The molecule has 4 rings (SSSR count). The zero-order valence-corrected chi connectivity index (χ0v) is 18.1. The maximum atomic E-state index is 13.2. The van der Waals surface area contributed by atoms with E-state index in [0.29, 0.717) is 53.9 Å². The number of aromatic nitrogens is 4. The average molecular weight is 436 g/mol. The molecule has 0 saturated heterocycles. The monoisotopic (exact) mass is 436 g/mol. The maximum absolute atomic E-state index is 13.2. The Morgan fingerprint density at radius 2 is 2.00 bits per heavy atom. The van der Waals surface area contributed by atoms with Crippen LogP contribution in [0.3, 0.4) is 0 Å². The van der Waals surface area contributed by atoms with Crippen LogP contribution in [0, 0.1) is 0 Å². The Morgan fingerprint density at radius 3 is 2.72 bits per heavy atom. The van der Waals surface area contributed by atoms with Crippen LogP contribution in [0.15, 0.2) is 47.7 Å². The summed E-state index contributed by atoms with van der Waals surface area (Å²) in [6.07, 6.45) is 3.00. The van der Waals surface area contributed by atoms with Crippen LogP contribution in [-0.2, 0) is 6.54 Å². The molecule has 10 heteroatoms. The maximum Gasteiger partial charge on any atom is 0.255 e. The summed E-state index contributed by atoms with van der Waals surface area (Å²) in [6.45, 7) is 1.60. The highest BCUT2D eigenvalue weighted by Gasteiger charge is 2.28. The zero-order chi connectivity index (χ0) is 22.7. The van der Waals surface area contributed by atoms with Gasteiger partial charge in [-0.05, 0) is 25.2 Å². The molecule has 1 aromatic carbocycles. The second kappa shape index (κ2) is 9.15. The Kier molecular flexibility index (Phi) is 6.13. The SMILES string of the molecule is COc1cccc(C(=O)NC2CN(C)CCn3c2nc(-c2ccncn2)cc3=O)c1OC. The van der Waals surface area contributed by atoms with E-state index in [0.717, 1.165) is 0 Å². The van der Waals surface area contributed by atoms with Crippen molar-refractivity contribution in [3.63, 3.8) is 0 Å². The predicted molar refractivity (Wildman–Crippen MR) is 117 cm³/mol. The van der Waals surface area contributed by atoms with Crippen molar-refractivity contribution in [1.29, 1.82) is 0 Å². The van der Waals surface area contributed by atoms with Crippen LogP contribution in [-0.4, -0.2) is 64.7 Å². The number of hydrogen-bond donors (Lipinski definition) is 1. The van der Waals surface area contributed by atoms with Crippen molar-refractivity contribution < 1.29 is 14.3 Å². The number of amides is 1. The fourth-order valence-corrected chi connectivity index (χ4v) is 3.76.